The van der Waals surface area contributed by atoms with E-state index in [0.717, 1.165) is 0 Å². The minimum Gasteiger partial charge on any atom is -0.466 e. The summed E-state index contributed by atoms with van der Waals surface area (Å²) in [7, 11) is 0. The Hall–Kier alpha value is -3.13. The summed E-state index contributed by atoms with van der Waals surface area (Å²) in [6, 6.07) is 17.2. The van der Waals surface area contributed by atoms with Crippen LogP contribution in [0.2, 0.25) is 0 Å². The molecule has 3 rings (SSSR count). The molecule has 0 fully saturated rings. The molecule has 0 saturated carbocycles. The fourth-order valence-electron chi connectivity index (χ4n) is 3.72. The number of rotatable bonds is 8. The maximum atomic E-state index is 14.1. The molecule has 0 spiro atoms. The number of hydrogen-bond acceptors (Lipinski definition) is 7. The van der Waals surface area contributed by atoms with Crippen LogP contribution in [-0.2, 0) is 29.4 Å². The first-order valence-electron chi connectivity index (χ1n) is 10.4. The molecule has 1 amide bonds. The second kappa shape index (κ2) is 10.5. The SMILES string of the molecule is CCOC(=O)CC(C(=O)OCC)N1C(=O)C(c2ccccc2)(c2ccccc2)N=C1SC. The lowest BCUT2D eigenvalue weighted by Gasteiger charge is -2.30. The molecule has 0 aromatic heterocycles. The molecule has 1 atom stereocenters. The van der Waals surface area contributed by atoms with Crippen LogP contribution in [0.5, 0.6) is 0 Å². The van der Waals surface area contributed by atoms with Gasteiger partial charge in [-0.2, -0.15) is 0 Å². The smallest absolute Gasteiger partial charge is 0.329 e. The van der Waals surface area contributed by atoms with E-state index < -0.39 is 29.4 Å². The van der Waals surface area contributed by atoms with Crippen LogP contribution >= 0.6 is 11.8 Å². The molecule has 168 valence electrons. The van der Waals surface area contributed by atoms with Crippen molar-refractivity contribution in [3.05, 3.63) is 71.8 Å². The first-order chi connectivity index (χ1) is 15.5. The van der Waals surface area contributed by atoms with Crippen LogP contribution in [0.25, 0.3) is 0 Å². The molecule has 0 bridgehead atoms. The van der Waals surface area contributed by atoms with E-state index in [2.05, 4.69) is 0 Å². The molecule has 1 aliphatic heterocycles. The third-order valence-corrected chi connectivity index (χ3v) is 5.75. The molecule has 2 aromatic rings. The molecule has 8 heteroatoms. The van der Waals surface area contributed by atoms with Crippen LogP contribution in [0.15, 0.2) is 65.7 Å². The molecule has 1 unspecified atom stereocenters. The Balaban J connectivity index is 2.15. The highest BCUT2D eigenvalue weighted by Crippen LogP contribution is 2.42. The van der Waals surface area contributed by atoms with E-state index in [1.54, 1.807) is 20.1 Å². The number of carbonyl (C=O) groups excluding carboxylic acids is 3. The van der Waals surface area contributed by atoms with Crippen LogP contribution < -0.4 is 0 Å². The molecule has 0 N–H and O–H groups in total. The highest BCUT2D eigenvalue weighted by atomic mass is 32.2. The standard InChI is InChI=1S/C24H26N2O5S/c1-4-30-20(27)16-19(21(28)31-5-2)26-22(29)24(25-23(26)32-3,17-12-8-6-9-13-17)18-14-10-7-11-15-18/h6-15,19H,4-5,16H2,1-3H3. The molecule has 1 heterocycles. The maximum Gasteiger partial charge on any atom is 0.329 e. The fourth-order valence-corrected chi connectivity index (χ4v) is 4.36. The average molecular weight is 455 g/mol. The molecule has 2 aromatic carbocycles. The van der Waals surface area contributed by atoms with E-state index in [4.69, 9.17) is 14.5 Å². The minimum atomic E-state index is -1.37. The van der Waals surface area contributed by atoms with Crippen molar-refractivity contribution < 1.29 is 23.9 Å². The van der Waals surface area contributed by atoms with Crippen molar-refractivity contribution in [1.29, 1.82) is 0 Å². The second-order valence-electron chi connectivity index (χ2n) is 6.99. The van der Waals surface area contributed by atoms with E-state index in [1.807, 2.05) is 60.7 Å². The third kappa shape index (κ3) is 4.41. The fraction of sp³-hybridized carbons (Fsp3) is 0.333. The number of ether oxygens (including phenoxy) is 2. The lowest BCUT2D eigenvalue weighted by molar-refractivity contribution is -0.157. The van der Waals surface area contributed by atoms with Gasteiger partial charge >= 0.3 is 11.9 Å². The van der Waals surface area contributed by atoms with Gasteiger partial charge in [0.05, 0.1) is 19.6 Å². The number of benzene rings is 2. The molecule has 0 radical (unpaired) electrons. The number of thioether (sulfide) groups is 1. The summed E-state index contributed by atoms with van der Waals surface area (Å²) >= 11 is 1.24. The third-order valence-electron chi connectivity index (χ3n) is 5.10. The van der Waals surface area contributed by atoms with E-state index in [1.165, 1.54) is 16.7 Å². The Labute approximate surface area is 191 Å². The first-order valence-corrected chi connectivity index (χ1v) is 11.6. The van der Waals surface area contributed by atoms with E-state index in [0.29, 0.717) is 16.3 Å². The average Bonchev–Trinajstić information content (AvgIpc) is 3.12. The van der Waals surface area contributed by atoms with Gasteiger partial charge in [0.15, 0.2) is 10.7 Å². The molecular formula is C24H26N2O5S. The zero-order chi connectivity index (χ0) is 23.1. The van der Waals surface area contributed by atoms with Gasteiger partial charge in [-0.3, -0.25) is 14.5 Å². The highest BCUT2D eigenvalue weighted by molar-refractivity contribution is 8.13. The first kappa shape index (κ1) is 23.5. The summed E-state index contributed by atoms with van der Waals surface area (Å²) in [5, 5.41) is 0.338. The van der Waals surface area contributed by atoms with Crippen molar-refractivity contribution in [2.75, 3.05) is 19.5 Å². The predicted octanol–water partition coefficient (Wildman–Crippen LogP) is 3.38. The number of amidine groups is 1. The van der Waals surface area contributed by atoms with Crippen molar-refractivity contribution in [2.24, 2.45) is 4.99 Å². The zero-order valence-electron chi connectivity index (χ0n) is 18.3. The van der Waals surface area contributed by atoms with Crippen molar-refractivity contribution in [3.63, 3.8) is 0 Å². The van der Waals surface area contributed by atoms with Crippen molar-refractivity contribution in [2.45, 2.75) is 31.8 Å². The lowest BCUT2D eigenvalue weighted by Crippen LogP contribution is -2.51. The van der Waals surface area contributed by atoms with Crippen LogP contribution in [0.4, 0.5) is 0 Å². The Morgan fingerprint density at radius 2 is 1.50 bits per heavy atom. The van der Waals surface area contributed by atoms with Crippen molar-refractivity contribution in [3.8, 4) is 0 Å². The lowest BCUT2D eigenvalue weighted by atomic mass is 9.82. The highest BCUT2D eigenvalue weighted by Gasteiger charge is 2.54. The Morgan fingerprint density at radius 3 is 1.97 bits per heavy atom. The minimum absolute atomic E-state index is 0.119. The number of hydrogen-bond donors (Lipinski definition) is 0. The van der Waals surface area contributed by atoms with Gasteiger partial charge in [0.2, 0.25) is 0 Å². The Morgan fingerprint density at radius 1 is 0.969 bits per heavy atom. The Kier molecular flexibility index (Phi) is 7.69. The van der Waals surface area contributed by atoms with Crippen LogP contribution in [0, 0.1) is 0 Å². The van der Waals surface area contributed by atoms with E-state index in [9.17, 15) is 14.4 Å². The molecule has 0 aliphatic carbocycles. The summed E-state index contributed by atoms with van der Waals surface area (Å²) < 4.78 is 10.3. The van der Waals surface area contributed by atoms with Crippen LogP contribution in [0.1, 0.15) is 31.4 Å². The van der Waals surface area contributed by atoms with Crippen LogP contribution in [-0.4, -0.2) is 53.4 Å². The number of nitrogens with zero attached hydrogens (tertiary/aromatic N) is 2. The van der Waals surface area contributed by atoms with Gasteiger partial charge in [-0.1, -0.05) is 72.4 Å². The summed E-state index contributed by atoms with van der Waals surface area (Å²) in [6.45, 7) is 3.65. The Bertz CT molecular complexity index is 954. The van der Waals surface area contributed by atoms with E-state index >= 15 is 0 Å². The molecule has 32 heavy (non-hydrogen) atoms. The van der Waals surface area contributed by atoms with Crippen molar-refractivity contribution >= 4 is 34.8 Å². The van der Waals surface area contributed by atoms with Crippen LogP contribution in [0.3, 0.4) is 0 Å². The number of amides is 1. The normalized spacial score (nSPS) is 15.8. The van der Waals surface area contributed by atoms with Gasteiger partial charge < -0.3 is 9.47 Å². The summed E-state index contributed by atoms with van der Waals surface area (Å²) in [5.74, 6) is -1.68. The van der Waals surface area contributed by atoms with Crippen molar-refractivity contribution in [1.82, 2.24) is 4.90 Å². The van der Waals surface area contributed by atoms with Gasteiger partial charge in [-0.15, -0.1) is 0 Å². The van der Waals surface area contributed by atoms with Gasteiger partial charge in [0.25, 0.3) is 5.91 Å². The van der Waals surface area contributed by atoms with E-state index in [-0.39, 0.29) is 19.6 Å². The summed E-state index contributed by atoms with van der Waals surface area (Å²) in [4.78, 5) is 45.5. The number of aliphatic imine (C=N–C) groups is 1. The summed E-state index contributed by atoms with van der Waals surface area (Å²) in [5.41, 5.74) is -0.0340. The van der Waals surface area contributed by atoms with Gasteiger partial charge in [-0.05, 0) is 31.2 Å². The second-order valence-corrected chi connectivity index (χ2v) is 7.77. The largest absolute Gasteiger partial charge is 0.466 e. The number of esters is 2. The molecule has 0 saturated heterocycles. The quantitative estimate of drug-likeness (QED) is 0.569. The topological polar surface area (TPSA) is 85.3 Å². The van der Waals surface area contributed by atoms with Gasteiger partial charge in [0, 0.05) is 0 Å². The molecule has 7 nitrogen and oxygen atoms in total. The zero-order valence-corrected chi connectivity index (χ0v) is 19.1. The van der Waals surface area contributed by atoms with Gasteiger partial charge in [-0.25, -0.2) is 9.79 Å². The summed E-state index contributed by atoms with van der Waals surface area (Å²) in [6.07, 6.45) is 1.45. The predicted molar refractivity (Wildman–Crippen MR) is 123 cm³/mol. The maximum absolute atomic E-state index is 14.1. The molecule has 1 aliphatic rings. The molecular weight excluding hydrogens is 428 g/mol. The number of carbonyl (C=O) groups is 3. The monoisotopic (exact) mass is 454 g/mol. The van der Waals surface area contributed by atoms with Gasteiger partial charge in [0.1, 0.15) is 6.04 Å².